The third-order valence-corrected chi connectivity index (χ3v) is 19.6. The Hall–Kier alpha value is -8.26. The zero-order chi connectivity index (χ0) is 50.5. The van der Waals surface area contributed by atoms with Gasteiger partial charge in [-0.25, -0.2) is 0 Å². The van der Waals surface area contributed by atoms with Gasteiger partial charge < -0.3 is 14.2 Å². The van der Waals surface area contributed by atoms with Gasteiger partial charge in [0.1, 0.15) is 5.58 Å². The van der Waals surface area contributed by atoms with Gasteiger partial charge >= 0.3 is 0 Å². The number of para-hydroxylation sites is 2. The Balaban J connectivity index is 1.03. The van der Waals surface area contributed by atoms with Crippen LogP contribution in [0.3, 0.4) is 0 Å². The molecule has 0 N–H and O–H groups in total. The molecule has 16 aromatic rings. The van der Waals surface area contributed by atoms with Gasteiger partial charge in [0.15, 0.2) is 5.58 Å². The molecule has 12 aromatic carbocycles. The molecule has 6 heteroatoms. The van der Waals surface area contributed by atoms with Crippen molar-refractivity contribution in [3.05, 3.63) is 217 Å². The molecule has 0 aliphatic rings. The SMILES string of the molecule is CC(C)c1cc(N(c2ccc3sc4ccccc4c3c2)c2cccc3c2oc2ccccc23)c2ccc3c(C(C)C)cc(N(c4ccc5sc6ccccc6c5c4)c4cccc5c4sc4ccccc45)c4ccc1c2c34. The van der Waals surface area contributed by atoms with Gasteiger partial charge in [0, 0.05) is 88.7 Å². The lowest BCUT2D eigenvalue weighted by Gasteiger charge is -2.31. The standard InChI is InChI=1S/C70H48N2OS3/c1-39(2)53-37-59(71(41-27-33-65-55(35-41)45-17-7-10-24-62(45)74-65)57-21-13-19-49-43-15-5-9-23-61(43)73-69(49)57)51-31-29-48-54(40(3)4)38-60(52-32-30-47(53)67(51)68(48)52)72(42-28-34-66-56(36-42)46-18-8-11-25-63(46)75-66)58-22-14-20-50-44-16-6-12-26-64(44)76-70(50)58/h5-40H,1-4H3. The number of rotatable bonds is 8. The molecule has 4 aromatic heterocycles. The number of nitrogens with zero attached hydrogens (tertiary/aromatic N) is 2. The van der Waals surface area contributed by atoms with E-state index in [4.69, 9.17) is 4.42 Å². The molecule has 76 heavy (non-hydrogen) atoms. The number of hydrogen-bond donors (Lipinski definition) is 0. The Morgan fingerprint density at radius 3 is 1.32 bits per heavy atom. The van der Waals surface area contributed by atoms with Crippen LogP contribution in [0.4, 0.5) is 34.1 Å². The number of furan rings is 1. The zero-order valence-corrected chi connectivity index (χ0v) is 44.8. The molecule has 0 saturated heterocycles. The molecule has 0 spiro atoms. The van der Waals surface area contributed by atoms with Gasteiger partial charge in [0.25, 0.3) is 0 Å². The van der Waals surface area contributed by atoms with Crippen LogP contribution in [0.2, 0.25) is 0 Å². The lowest BCUT2D eigenvalue weighted by molar-refractivity contribution is 0.669. The van der Waals surface area contributed by atoms with Crippen LogP contribution < -0.4 is 9.80 Å². The Morgan fingerprint density at radius 1 is 0.316 bits per heavy atom. The monoisotopic (exact) mass is 1030 g/mol. The summed E-state index contributed by atoms with van der Waals surface area (Å²) >= 11 is 5.63. The van der Waals surface area contributed by atoms with E-state index >= 15 is 0 Å². The van der Waals surface area contributed by atoms with E-state index in [1.165, 1.54) is 115 Å². The topological polar surface area (TPSA) is 19.6 Å². The highest BCUT2D eigenvalue weighted by Gasteiger charge is 2.29. The summed E-state index contributed by atoms with van der Waals surface area (Å²) < 4.78 is 14.7. The summed E-state index contributed by atoms with van der Waals surface area (Å²) in [4.78, 5) is 5.11. The van der Waals surface area contributed by atoms with Crippen molar-refractivity contribution in [1.82, 2.24) is 0 Å². The minimum Gasteiger partial charge on any atom is -0.454 e. The van der Waals surface area contributed by atoms with E-state index in [9.17, 15) is 0 Å². The molecule has 4 heterocycles. The van der Waals surface area contributed by atoms with E-state index < -0.39 is 0 Å². The summed E-state index contributed by atoms with van der Waals surface area (Å²) in [5, 5.41) is 17.6. The molecule has 0 atom stereocenters. The van der Waals surface area contributed by atoms with Gasteiger partial charge in [-0.2, -0.15) is 0 Å². The van der Waals surface area contributed by atoms with Crippen molar-refractivity contribution in [3.8, 4) is 0 Å². The van der Waals surface area contributed by atoms with Crippen LogP contribution in [0.1, 0.15) is 50.7 Å². The molecular formula is C70H48N2OS3. The summed E-state index contributed by atoms with van der Waals surface area (Å²) in [7, 11) is 0. The molecule has 362 valence electrons. The molecule has 0 bridgehead atoms. The second-order valence-corrected chi connectivity index (χ2v) is 24.3. The summed E-state index contributed by atoms with van der Waals surface area (Å²) in [6, 6.07) is 77.6. The Bertz CT molecular complexity index is 4730. The summed E-state index contributed by atoms with van der Waals surface area (Å²) in [5.74, 6) is 0.473. The van der Waals surface area contributed by atoms with Crippen LogP contribution in [0.5, 0.6) is 0 Å². The van der Waals surface area contributed by atoms with Crippen molar-refractivity contribution in [2.24, 2.45) is 0 Å². The lowest BCUT2D eigenvalue weighted by Crippen LogP contribution is -2.13. The van der Waals surface area contributed by atoms with Gasteiger partial charge in [-0.1, -0.05) is 149 Å². The predicted octanol–water partition coefficient (Wildman–Crippen LogP) is 22.8. The fourth-order valence-corrected chi connectivity index (χ4v) is 16.1. The number of anilines is 6. The fourth-order valence-electron chi connectivity index (χ4n) is 12.7. The Morgan fingerprint density at radius 2 is 0.750 bits per heavy atom. The van der Waals surface area contributed by atoms with Crippen LogP contribution >= 0.6 is 34.0 Å². The van der Waals surface area contributed by atoms with Crippen molar-refractivity contribution >= 4 is 183 Å². The first-order valence-corrected chi connectivity index (χ1v) is 28.8. The average Bonchev–Trinajstić information content (AvgIpc) is 4.32. The first-order chi connectivity index (χ1) is 37.3. The van der Waals surface area contributed by atoms with E-state index in [1.54, 1.807) is 0 Å². The number of thiophene rings is 3. The molecule has 0 aliphatic heterocycles. The lowest BCUT2D eigenvalue weighted by atomic mass is 9.84. The van der Waals surface area contributed by atoms with E-state index in [0.29, 0.717) is 0 Å². The molecule has 0 fully saturated rings. The first kappa shape index (κ1) is 44.1. The predicted molar refractivity (Wildman–Crippen MR) is 334 cm³/mol. The number of benzene rings is 12. The minimum absolute atomic E-state index is 0.230. The van der Waals surface area contributed by atoms with Crippen LogP contribution in [0, 0.1) is 0 Å². The summed E-state index contributed by atoms with van der Waals surface area (Å²) in [6.07, 6.45) is 0. The Labute approximate surface area is 451 Å². The average molecular weight is 1030 g/mol. The maximum absolute atomic E-state index is 6.97. The van der Waals surface area contributed by atoms with Crippen molar-refractivity contribution < 1.29 is 4.42 Å². The highest BCUT2D eigenvalue weighted by atomic mass is 32.1. The number of hydrogen-bond acceptors (Lipinski definition) is 6. The number of fused-ring (bicyclic) bond motifs is 12. The van der Waals surface area contributed by atoms with E-state index in [-0.39, 0.29) is 11.8 Å². The second kappa shape index (κ2) is 16.6. The van der Waals surface area contributed by atoms with E-state index in [0.717, 1.165) is 44.7 Å². The molecule has 0 unspecified atom stereocenters. The van der Waals surface area contributed by atoms with E-state index in [2.05, 4.69) is 244 Å². The van der Waals surface area contributed by atoms with E-state index in [1.807, 2.05) is 34.0 Å². The zero-order valence-electron chi connectivity index (χ0n) is 42.3. The Kier molecular flexibility index (Phi) is 9.64. The van der Waals surface area contributed by atoms with Crippen LogP contribution in [0.25, 0.3) is 115 Å². The maximum Gasteiger partial charge on any atom is 0.159 e. The molecule has 16 rings (SSSR count). The smallest absolute Gasteiger partial charge is 0.159 e. The molecule has 0 saturated carbocycles. The molecule has 0 amide bonds. The van der Waals surface area contributed by atoms with Crippen LogP contribution in [0.15, 0.2) is 211 Å². The normalized spacial score (nSPS) is 12.4. The molecule has 0 aliphatic carbocycles. The van der Waals surface area contributed by atoms with Gasteiger partial charge in [0.2, 0.25) is 0 Å². The van der Waals surface area contributed by atoms with Crippen LogP contribution in [-0.2, 0) is 0 Å². The largest absolute Gasteiger partial charge is 0.454 e. The molecule has 0 radical (unpaired) electrons. The van der Waals surface area contributed by atoms with Gasteiger partial charge in [-0.3, -0.25) is 0 Å². The highest BCUT2D eigenvalue weighted by Crippen LogP contribution is 2.54. The maximum atomic E-state index is 6.97. The van der Waals surface area contributed by atoms with Crippen molar-refractivity contribution in [1.29, 1.82) is 0 Å². The summed E-state index contributed by atoms with van der Waals surface area (Å²) in [6.45, 7) is 9.43. The fraction of sp³-hybridized carbons (Fsp3) is 0.0857. The van der Waals surface area contributed by atoms with Crippen molar-refractivity contribution in [3.63, 3.8) is 0 Å². The van der Waals surface area contributed by atoms with Crippen molar-refractivity contribution in [2.75, 3.05) is 9.80 Å². The molecular weight excluding hydrogens is 981 g/mol. The third-order valence-electron chi connectivity index (χ3n) is 16.1. The van der Waals surface area contributed by atoms with Gasteiger partial charge in [-0.15, -0.1) is 34.0 Å². The summed E-state index contributed by atoms with van der Waals surface area (Å²) in [5.41, 5.74) is 11.2. The quantitative estimate of drug-likeness (QED) is 0.141. The van der Waals surface area contributed by atoms with Crippen LogP contribution in [-0.4, -0.2) is 0 Å². The highest BCUT2D eigenvalue weighted by molar-refractivity contribution is 7.27. The first-order valence-electron chi connectivity index (χ1n) is 26.4. The third kappa shape index (κ3) is 6.38. The van der Waals surface area contributed by atoms with Crippen molar-refractivity contribution in [2.45, 2.75) is 39.5 Å². The van der Waals surface area contributed by atoms with Gasteiger partial charge in [-0.05, 0) is 129 Å². The van der Waals surface area contributed by atoms with Gasteiger partial charge in [0.05, 0.1) is 27.4 Å². The second-order valence-electron chi connectivity index (χ2n) is 21.1. The minimum atomic E-state index is 0.230. The molecule has 3 nitrogen and oxygen atoms in total.